The second-order valence-corrected chi connectivity index (χ2v) is 6.02. The normalized spacial score (nSPS) is 27.0. The van der Waals surface area contributed by atoms with Gasteiger partial charge in [0, 0.05) is 12.5 Å². The molecule has 0 radical (unpaired) electrons. The van der Waals surface area contributed by atoms with Gasteiger partial charge in [0.05, 0.1) is 13.2 Å². The molecule has 0 spiro atoms. The van der Waals surface area contributed by atoms with Gasteiger partial charge in [-0.05, 0) is 31.1 Å². The van der Waals surface area contributed by atoms with Gasteiger partial charge in [-0.1, -0.05) is 18.2 Å². The van der Waals surface area contributed by atoms with Crippen LogP contribution in [0.1, 0.15) is 35.7 Å². The molecule has 1 aliphatic rings. The Balaban J connectivity index is 2.45. The first-order valence-electron chi connectivity index (χ1n) is 8.18. The lowest BCUT2D eigenvalue weighted by Crippen LogP contribution is -2.32. The number of ketones is 1. The minimum atomic E-state index is -1.55. The van der Waals surface area contributed by atoms with E-state index in [4.69, 9.17) is 9.47 Å². The number of fused-ring (bicyclic) bond motifs is 1. The van der Waals surface area contributed by atoms with Crippen molar-refractivity contribution in [2.75, 3.05) is 7.11 Å². The molecule has 26 heavy (non-hydrogen) atoms. The van der Waals surface area contributed by atoms with E-state index in [1.165, 1.54) is 37.5 Å². The topological polar surface area (TPSA) is 113 Å². The molecule has 3 N–H and O–H groups in total. The highest BCUT2D eigenvalue weighted by Crippen LogP contribution is 2.30. The summed E-state index contributed by atoms with van der Waals surface area (Å²) in [5.41, 5.74) is 0.306. The van der Waals surface area contributed by atoms with Crippen LogP contribution in [-0.4, -0.2) is 52.5 Å². The number of rotatable bonds is 1. The Morgan fingerprint density at radius 2 is 1.81 bits per heavy atom. The minimum absolute atomic E-state index is 0.0242. The summed E-state index contributed by atoms with van der Waals surface area (Å²) in [6, 6.07) is 2.84. The van der Waals surface area contributed by atoms with Crippen LogP contribution in [0.4, 0.5) is 0 Å². The van der Waals surface area contributed by atoms with Gasteiger partial charge in [-0.3, -0.25) is 4.79 Å². The first-order valence-corrected chi connectivity index (χ1v) is 8.18. The molecule has 2 rings (SSSR count). The average Bonchev–Trinajstić information content (AvgIpc) is 2.59. The quantitative estimate of drug-likeness (QED) is 0.650. The number of benzene rings is 1. The van der Waals surface area contributed by atoms with E-state index >= 15 is 0 Å². The van der Waals surface area contributed by atoms with Crippen LogP contribution in [0.15, 0.2) is 30.4 Å². The zero-order valence-electron chi connectivity index (χ0n) is 14.6. The van der Waals surface area contributed by atoms with Crippen molar-refractivity contribution in [3.05, 3.63) is 41.5 Å². The Labute approximate surface area is 151 Å². The van der Waals surface area contributed by atoms with Gasteiger partial charge in [-0.15, -0.1) is 0 Å². The summed E-state index contributed by atoms with van der Waals surface area (Å²) in [5, 5.41) is 30.0. The highest BCUT2D eigenvalue weighted by atomic mass is 16.5. The molecule has 7 nitrogen and oxygen atoms in total. The van der Waals surface area contributed by atoms with Crippen molar-refractivity contribution < 1.29 is 34.4 Å². The van der Waals surface area contributed by atoms with Crippen LogP contribution >= 0.6 is 0 Å². The number of methoxy groups -OCH3 is 1. The Hall–Kier alpha value is -2.64. The van der Waals surface area contributed by atoms with E-state index in [0.717, 1.165) is 6.08 Å². The number of aliphatic hydroxyl groups excluding tert-OH is 2. The van der Waals surface area contributed by atoms with Gasteiger partial charge in [-0.25, -0.2) is 4.79 Å². The summed E-state index contributed by atoms with van der Waals surface area (Å²) in [5.74, 6) is -1.29. The Morgan fingerprint density at radius 3 is 2.50 bits per heavy atom. The third-order valence-electron chi connectivity index (χ3n) is 3.95. The molecule has 0 aliphatic carbocycles. The van der Waals surface area contributed by atoms with Crippen LogP contribution in [0.5, 0.6) is 11.5 Å². The molecule has 1 aromatic rings. The second-order valence-electron chi connectivity index (χ2n) is 6.02. The van der Waals surface area contributed by atoms with Gasteiger partial charge in [0.2, 0.25) is 0 Å². The lowest BCUT2D eigenvalue weighted by molar-refractivity contribution is -0.127. The number of cyclic esters (lactones) is 1. The Morgan fingerprint density at radius 1 is 1.12 bits per heavy atom. The van der Waals surface area contributed by atoms with Crippen LogP contribution in [-0.2, 0) is 9.53 Å². The molecule has 140 valence electrons. The molecular weight excluding hydrogens is 340 g/mol. The summed E-state index contributed by atoms with van der Waals surface area (Å²) in [4.78, 5) is 24.3. The van der Waals surface area contributed by atoms with Crippen molar-refractivity contribution in [2.24, 2.45) is 0 Å². The zero-order chi connectivity index (χ0) is 19.3. The maximum absolute atomic E-state index is 12.4. The van der Waals surface area contributed by atoms with Crippen LogP contribution in [0.25, 0.3) is 6.08 Å². The maximum atomic E-state index is 12.4. The first-order chi connectivity index (χ1) is 12.3. The Kier molecular flexibility index (Phi) is 6.54. The van der Waals surface area contributed by atoms with Crippen molar-refractivity contribution in [3.63, 3.8) is 0 Å². The Bertz CT molecular complexity index is 736. The number of hydrogen-bond donors (Lipinski definition) is 3. The fraction of sp³-hybridized carbons (Fsp3) is 0.368. The number of carbonyl (C=O) groups is 2. The molecule has 0 amide bonds. The van der Waals surface area contributed by atoms with Gasteiger partial charge in [0.25, 0.3) is 0 Å². The average molecular weight is 362 g/mol. The molecule has 0 aromatic heterocycles. The lowest BCUT2D eigenvalue weighted by Gasteiger charge is -2.16. The smallest absolute Gasteiger partial charge is 0.342 e. The lowest BCUT2D eigenvalue weighted by atomic mass is 10.0. The van der Waals surface area contributed by atoms with Crippen LogP contribution in [0, 0.1) is 0 Å². The van der Waals surface area contributed by atoms with E-state index < -0.39 is 30.1 Å². The highest BCUT2D eigenvalue weighted by Gasteiger charge is 2.23. The summed E-state index contributed by atoms with van der Waals surface area (Å²) in [7, 11) is 1.42. The van der Waals surface area contributed by atoms with Crippen molar-refractivity contribution in [1.29, 1.82) is 0 Å². The van der Waals surface area contributed by atoms with Gasteiger partial charge in [-0.2, -0.15) is 0 Å². The number of phenols is 1. The molecule has 0 fully saturated rings. The van der Waals surface area contributed by atoms with E-state index in [1.807, 2.05) is 0 Å². The number of esters is 1. The molecule has 0 saturated carbocycles. The van der Waals surface area contributed by atoms with Gasteiger partial charge < -0.3 is 24.8 Å². The van der Waals surface area contributed by atoms with Crippen LogP contribution in [0.3, 0.4) is 0 Å². The van der Waals surface area contributed by atoms with Crippen molar-refractivity contribution in [3.8, 4) is 11.5 Å². The van der Waals surface area contributed by atoms with Crippen molar-refractivity contribution >= 4 is 17.8 Å². The summed E-state index contributed by atoms with van der Waals surface area (Å²) in [6.07, 6.45) is 2.42. The third-order valence-corrected chi connectivity index (χ3v) is 3.95. The third kappa shape index (κ3) is 4.71. The second kappa shape index (κ2) is 8.64. The molecule has 0 bridgehead atoms. The SMILES string of the molecule is COc1cc(O)c2c(c1)/C=C\C[C@@H](O)[C@@H](O)C(=O)/C=C\C[C@H](C)OC2=O. The van der Waals surface area contributed by atoms with Gasteiger partial charge in [0.1, 0.15) is 29.3 Å². The number of ether oxygens (including phenoxy) is 2. The van der Waals surface area contributed by atoms with E-state index in [-0.39, 0.29) is 24.2 Å². The van der Waals surface area contributed by atoms with E-state index in [1.54, 1.807) is 6.92 Å². The van der Waals surface area contributed by atoms with Gasteiger partial charge in [0.15, 0.2) is 5.78 Å². The fourth-order valence-electron chi connectivity index (χ4n) is 2.51. The zero-order valence-corrected chi connectivity index (χ0v) is 14.6. The number of aromatic hydroxyl groups is 1. The summed E-state index contributed by atoms with van der Waals surface area (Å²) in [6.45, 7) is 1.64. The predicted molar refractivity (Wildman–Crippen MR) is 94.0 cm³/mol. The molecule has 7 heteroatoms. The fourth-order valence-corrected chi connectivity index (χ4v) is 2.51. The standard InChI is InChI=1S/C19H22O7/c1-11-5-3-7-14(20)18(23)15(21)8-4-6-12-9-13(25-2)10-16(22)17(12)19(24)26-11/h3-4,6-7,9-11,15,18,21-23H,5,8H2,1-2H3/b6-4-,7-3-/t11-,15+,18-/m0/s1. The van der Waals surface area contributed by atoms with Crippen LogP contribution in [0.2, 0.25) is 0 Å². The molecule has 0 unspecified atom stereocenters. The molecule has 1 heterocycles. The molecular formula is C19H22O7. The largest absolute Gasteiger partial charge is 0.507 e. The first kappa shape index (κ1) is 19.7. The highest BCUT2D eigenvalue weighted by molar-refractivity contribution is 5.97. The van der Waals surface area contributed by atoms with Gasteiger partial charge >= 0.3 is 5.97 Å². The predicted octanol–water partition coefficient (Wildman–Crippen LogP) is 1.60. The van der Waals surface area contributed by atoms with E-state index in [0.29, 0.717) is 11.3 Å². The van der Waals surface area contributed by atoms with E-state index in [2.05, 4.69) is 0 Å². The van der Waals surface area contributed by atoms with Crippen molar-refractivity contribution in [2.45, 2.75) is 38.1 Å². The number of hydrogen-bond acceptors (Lipinski definition) is 7. The monoisotopic (exact) mass is 362 g/mol. The molecule has 1 aromatic carbocycles. The van der Waals surface area contributed by atoms with E-state index in [9.17, 15) is 24.9 Å². The number of aliphatic hydroxyl groups is 2. The maximum Gasteiger partial charge on any atom is 0.342 e. The van der Waals surface area contributed by atoms with Crippen LogP contribution < -0.4 is 4.74 Å². The number of phenolic OH excluding ortho intramolecular Hbond substituents is 1. The summed E-state index contributed by atoms with van der Waals surface area (Å²) < 4.78 is 10.4. The molecule has 1 aliphatic heterocycles. The molecule has 0 saturated heterocycles. The minimum Gasteiger partial charge on any atom is -0.507 e. The molecule has 3 atom stereocenters. The number of carbonyl (C=O) groups excluding carboxylic acids is 2. The van der Waals surface area contributed by atoms with Crippen molar-refractivity contribution in [1.82, 2.24) is 0 Å². The summed E-state index contributed by atoms with van der Waals surface area (Å²) >= 11 is 0.